The summed E-state index contributed by atoms with van der Waals surface area (Å²) in [6.45, 7) is 13.0. The van der Waals surface area contributed by atoms with Crippen molar-refractivity contribution in [1.29, 1.82) is 0 Å². The van der Waals surface area contributed by atoms with Crippen molar-refractivity contribution in [3.05, 3.63) is 81.4 Å². The minimum absolute atomic E-state index is 0.638. The number of hydrogen-bond acceptors (Lipinski definition) is 1. The van der Waals surface area contributed by atoms with E-state index in [2.05, 4.69) is 96.6 Å². The van der Waals surface area contributed by atoms with Crippen molar-refractivity contribution >= 4 is 29.0 Å². The Morgan fingerprint density at radius 1 is 0.667 bits per heavy atom. The fraction of sp³-hybridized carbons (Fsp3) is 0.240. The van der Waals surface area contributed by atoms with Crippen molar-refractivity contribution < 1.29 is 0 Å². The molecular formula is C25H26S2. The smallest absolute Gasteiger partial charge is 0.0760 e. The van der Waals surface area contributed by atoms with Gasteiger partial charge in [0.05, 0.1) is 4.20 Å². The van der Waals surface area contributed by atoms with Crippen LogP contribution < -0.4 is 0 Å². The molecule has 0 aliphatic rings. The minimum Gasteiger partial charge on any atom is -0.131 e. The summed E-state index contributed by atoms with van der Waals surface area (Å²) >= 11 is 10.3. The van der Waals surface area contributed by atoms with Gasteiger partial charge in [-0.2, -0.15) is 0 Å². The molecule has 0 aliphatic heterocycles. The van der Waals surface area contributed by atoms with Crippen molar-refractivity contribution in [3.63, 3.8) is 0 Å². The normalized spacial score (nSPS) is 10.9. The number of hydrogen-bond donors (Lipinski definition) is 1. The average Bonchev–Trinajstić information content (AvgIpc) is 2.52. The number of thiol groups is 1. The summed E-state index contributed by atoms with van der Waals surface area (Å²) in [4.78, 5) is 0. The maximum absolute atomic E-state index is 5.63. The molecule has 0 aromatic heterocycles. The maximum atomic E-state index is 5.63. The third-order valence-electron chi connectivity index (χ3n) is 5.17. The predicted octanol–water partition coefficient (Wildman–Crippen LogP) is 7.48. The quantitative estimate of drug-likeness (QED) is 0.357. The fourth-order valence-electron chi connectivity index (χ4n) is 4.41. The molecule has 0 nitrogen and oxygen atoms in total. The van der Waals surface area contributed by atoms with E-state index in [0.717, 1.165) is 5.56 Å². The van der Waals surface area contributed by atoms with E-state index in [1.54, 1.807) is 0 Å². The van der Waals surface area contributed by atoms with Crippen LogP contribution in [-0.4, -0.2) is 4.20 Å². The first kappa shape index (κ1) is 19.9. The monoisotopic (exact) mass is 390 g/mol. The Morgan fingerprint density at radius 2 is 1.00 bits per heavy atom. The largest absolute Gasteiger partial charge is 0.131 e. The van der Waals surface area contributed by atoms with Gasteiger partial charge in [0.25, 0.3) is 0 Å². The van der Waals surface area contributed by atoms with E-state index < -0.39 is 0 Å². The lowest BCUT2D eigenvalue weighted by molar-refractivity contribution is 1.31. The van der Waals surface area contributed by atoms with Gasteiger partial charge < -0.3 is 0 Å². The highest BCUT2D eigenvalue weighted by atomic mass is 32.1. The first-order chi connectivity index (χ1) is 12.7. The molecule has 0 saturated heterocycles. The van der Waals surface area contributed by atoms with Crippen LogP contribution in [0.1, 0.15) is 38.9 Å². The third kappa shape index (κ3) is 3.74. The van der Waals surface area contributed by atoms with Crippen molar-refractivity contribution in [1.82, 2.24) is 0 Å². The van der Waals surface area contributed by atoms with Gasteiger partial charge in [-0.25, -0.2) is 0 Å². The zero-order chi connectivity index (χ0) is 19.9. The van der Waals surface area contributed by atoms with Crippen molar-refractivity contribution in [2.24, 2.45) is 0 Å². The molecule has 0 spiro atoms. The highest BCUT2D eigenvalue weighted by molar-refractivity contribution is 8.11. The molecule has 0 aliphatic carbocycles. The maximum Gasteiger partial charge on any atom is 0.0760 e. The second kappa shape index (κ2) is 7.61. The average molecular weight is 391 g/mol. The van der Waals surface area contributed by atoms with Crippen LogP contribution in [-0.2, 0) is 0 Å². The lowest BCUT2D eigenvalue weighted by Gasteiger charge is -2.20. The van der Waals surface area contributed by atoms with E-state index in [1.807, 2.05) is 0 Å². The molecule has 27 heavy (non-hydrogen) atoms. The molecule has 0 fully saturated rings. The molecule has 0 saturated carbocycles. The summed E-state index contributed by atoms with van der Waals surface area (Å²) in [7, 11) is 0. The van der Waals surface area contributed by atoms with Crippen LogP contribution in [0.15, 0.2) is 42.5 Å². The minimum atomic E-state index is 0.638. The van der Waals surface area contributed by atoms with Gasteiger partial charge in [-0.1, -0.05) is 65.8 Å². The number of rotatable bonds is 3. The zero-order valence-electron chi connectivity index (χ0n) is 16.9. The summed E-state index contributed by atoms with van der Waals surface area (Å²) in [5, 5.41) is 0. The first-order valence-electron chi connectivity index (χ1n) is 9.23. The summed E-state index contributed by atoms with van der Waals surface area (Å²) in [5.74, 6) is 0. The van der Waals surface area contributed by atoms with Gasteiger partial charge in [-0.3, -0.25) is 0 Å². The van der Waals surface area contributed by atoms with Crippen molar-refractivity contribution in [2.75, 3.05) is 0 Å². The molecular weight excluding hydrogens is 364 g/mol. The predicted molar refractivity (Wildman–Crippen MR) is 126 cm³/mol. The highest BCUT2D eigenvalue weighted by Crippen LogP contribution is 2.39. The van der Waals surface area contributed by atoms with Gasteiger partial charge in [-0.05, 0) is 86.1 Å². The molecule has 0 bridgehead atoms. The molecule has 3 aromatic rings. The van der Waals surface area contributed by atoms with E-state index in [0.29, 0.717) is 4.20 Å². The van der Waals surface area contributed by atoms with E-state index in [1.165, 1.54) is 55.6 Å². The summed E-state index contributed by atoms with van der Waals surface area (Å²) in [6.07, 6.45) is 0. The van der Waals surface area contributed by atoms with Crippen LogP contribution in [0.25, 0.3) is 22.3 Å². The van der Waals surface area contributed by atoms with Crippen LogP contribution in [0.2, 0.25) is 0 Å². The van der Waals surface area contributed by atoms with Crippen molar-refractivity contribution in [3.8, 4) is 22.3 Å². The molecule has 0 radical (unpaired) electrons. The molecule has 138 valence electrons. The lowest BCUT2D eigenvalue weighted by atomic mass is 9.85. The van der Waals surface area contributed by atoms with Crippen LogP contribution in [0, 0.1) is 41.5 Å². The topological polar surface area (TPSA) is 0 Å². The molecule has 2 heteroatoms. The third-order valence-corrected chi connectivity index (χ3v) is 5.60. The van der Waals surface area contributed by atoms with E-state index >= 15 is 0 Å². The Bertz CT molecular complexity index is 936. The van der Waals surface area contributed by atoms with E-state index in [4.69, 9.17) is 12.2 Å². The second-order valence-corrected chi connectivity index (χ2v) is 8.74. The number of aryl methyl sites for hydroxylation is 6. The second-order valence-electron chi connectivity index (χ2n) is 7.58. The van der Waals surface area contributed by atoms with Crippen LogP contribution in [0.4, 0.5) is 0 Å². The van der Waals surface area contributed by atoms with Crippen LogP contribution in [0.5, 0.6) is 0 Å². The fourth-order valence-corrected chi connectivity index (χ4v) is 4.87. The number of benzene rings is 3. The van der Waals surface area contributed by atoms with Crippen LogP contribution in [0.3, 0.4) is 0 Å². The van der Waals surface area contributed by atoms with Crippen LogP contribution >= 0.6 is 24.8 Å². The van der Waals surface area contributed by atoms with Gasteiger partial charge in [0.2, 0.25) is 0 Å². The summed E-state index contributed by atoms with van der Waals surface area (Å²) in [6, 6.07) is 15.4. The molecule has 0 heterocycles. The SMILES string of the molecule is Cc1cc(C)c(-c2cccc(-c3c(C)cc(C)cc3C)c2C(=S)S)c(C)c1. The highest BCUT2D eigenvalue weighted by Gasteiger charge is 2.19. The van der Waals surface area contributed by atoms with E-state index in [-0.39, 0.29) is 0 Å². The molecule has 0 N–H and O–H groups in total. The molecule has 3 aromatic carbocycles. The molecule has 0 atom stereocenters. The Hall–Kier alpha value is -1.90. The van der Waals surface area contributed by atoms with Gasteiger partial charge in [0.15, 0.2) is 0 Å². The Kier molecular flexibility index (Phi) is 5.60. The first-order valence-corrected chi connectivity index (χ1v) is 10.1. The Morgan fingerprint density at radius 3 is 1.30 bits per heavy atom. The standard InChI is InChI=1S/C25H26S2/c1-14-10-16(3)22(17(4)11-14)20-8-7-9-21(24(20)25(26)27)23-18(5)12-15(2)13-19(23)6/h7-13H,1-6H3,(H,26,27). The lowest BCUT2D eigenvalue weighted by Crippen LogP contribution is -2.02. The van der Waals surface area contributed by atoms with Gasteiger partial charge in [0, 0.05) is 5.56 Å². The molecule has 0 amide bonds. The summed E-state index contributed by atoms with van der Waals surface area (Å²) in [5.41, 5.74) is 13.6. The van der Waals surface area contributed by atoms with E-state index in [9.17, 15) is 0 Å². The summed E-state index contributed by atoms with van der Waals surface area (Å²) < 4.78 is 0.638. The number of thiocarbonyl (C=S) groups is 1. The van der Waals surface area contributed by atoms with Gasteiger partial charge >= 0.3 is 0 Å². The zero-order valence-corrected chi connectivity index (χ0v) is 18.6. The Labute approximate surface area is 174 Å². The Balaban J connectivity index is 2.39. The molecule has 0 unspecified atom stereocenters. The van der Waals surface area contributed by atoms with Gasteiger partial charge in [0.1, 0.15) is 0 Å². The van der Waals surface area contributed by atoms with Gasteiger partial charge in [-0.15, -0.1) is 12.6 Å². The molecule has 3 rings (SSSR count). The van der Waals surface area contributed by atoms with Crippen molar-refractivity contribution in [2.45, 2.75) is 41.5 Å².